The molecule has 1 aromatic carbocycles. The van der Waals surface area contributed by atoms with Gasteiger partial charge in [0.2, 0.25) is 5.75 Å². The summed E-state index contributed by atoms with van der Waals surface area (Å²) in [4.78, 5) is 12.0. The molecule has 1 N–H and O–H groups in total. The number of benzene rings is 1. The summed E-state index contributed by atoms with van der Waals surface area (Å²) in [7, 11) is 5.42. The molecule has 8 nitrogen and oxygen atoms in total. The molecular formula is C15H15N3O5. The molecule has 0 aromatic heterocycles. The molecule has 8 heteroatoms. The van der Waals surface area contributed by atoms with Gasteiger partial charge in [-0.1, -0.05) is 0 Å². The summed E-state index contributed by atoms with van der Waals surface area (Å²) in [6.07, 6.45) is 1.15. The highest BCUT2D eigenvalue weighted by Crippen LogP contribution is 2.45. The van der Waals surface area contributed by atoms with Crippen LogP contribution in [-0.2, 0) is 4.74 Å². The molecule has 1 rings (SSSR count). The lowest BCUT2D eigenvalue weighted by molar-refractivity contribution is 0.0601. The number of allylic oxidation sites excluding steroid dienone is 1. The Labute approximate surface area is 133 Å². The van der Waals surface area contributed by atoms with E-state index in [1.54, 1.807) is 12.1 Å². The number of nitrogens with zero attached hydrogens (tertiary/aromatic N) is 2. The van der Waals surface area contributed by atoms with Crippen LogP contribution in [0.3, 0.4) is 0 Å². The van der Waals surface area contributed by atoms with E-state index in [9.17, 15) is 4.79 Å². The average molecular weight is 317 g/mol. The van der Waals surface area contributed by atoms with Gasteiger partial charge in [-0.2, -0.15) is 10.5 Å². The molecule has 0 bridgehead atoms. The predicted molar refractivity (Wildman–Crippen MR) is 80.4 cm³/mol. The molecule has 120 valence electrons. The van der Waals surface area contributed by atoms with E-state index >= 15 is 0 Å². The second kappa shape index (κ2) is 8.15. The maximum atomic E-state index is 12.0. The van der Waals surface area contributed by atoms with Crippen molar-refractivity contribution in [2.24, 2.45) is 0 Å². The minimum atomic E-state index is -0.657. The summed E-state index contributed by atoms with van der Waals surface area (Å²) in [5.74, 6) is 0.0171. The van der Waals surface area contributed by atoms with Crippen LogP contribution in [0.4, 0.5) is 5.69 Å². The smallest absolute Gasteiger partial charge is 0.340 e. The van der Waals surface area contributed by atoms with Crippen LogP contribution < -0.4 is 19.5 Å². The van der Waals surface area contributed by atoms with Crippen molar-refractivity contribution in [3.8, 4) is 29.4 Å². The van der Waals surface area contributed by atoms with Crippen molar-refractivity contribution in [2.75, 3.05) is 33.8 Å². The lowest BCUT2D eigenvalue weighted by atomic mass is 10.1. The summed E-state index contributed by atoms with van der Waals surface area (Å²) >= 11 is 0. The van der Waals surface area contributed by atoms with Gasteiger partial charge in [-0.25, -0.2) is 4.79 Å². The molecule has 0 aliphatic heterocycles. The minimum Gasteiger partial charge on any atom is -0.493 e. The second-order valence-corrected chi connectivity index (χ2v) is 3.99. The summed E-state index contributed by atoms with van der Waals surface area (Å²) < 4.78 is 20.4. The fourth-order valence-corrected chi connectivity index (χ4v) is 1.80. The number of hydrogen-bond acceptors (Lipinski definition) is 8. The zero-order valence-corrected chi connectivity index (χ0v) is 13.1. The van der Waals surface area contributed by atoms with E-state index in [0.717, 1.165) is 6.20 Å². The maximum absolute atomic E-state index is 12.0. The average Bonchev–Trinajstić information content (AvgIpc) is 2.60. The highest BCUT2D eigenvalue weighted by atomic mass is 16.5. The van der Waals surface area contributed by atoms with E-state index in [2.05, 4.69) is 5.32 Å². The number of methoxy groups -OCH3 is 4. The van der Waals surface area contributed by atoms with Crippen LogP contribution in [0.1, 0.15) is 10.4 Å². The fraction of sp³-hybridized carbons (Fsp3) is 0.267. The van der Waals surface area contributed by atoms with Gasteiger partial charge in [0.05, 0.1) is 39.7 Å². The minimum absolute atomic E-state index is 0.0912. The quantitative estimate of drug-likeness (QED) is 0.624. The second-order valence-electron chi connectivity index (χ2n) is 3.99. The zero-order valence-electron chi connectivity index (χ0n) is 13.1. The molecule has 0 amide bonds. The summed E-state index contributed by atoms with van der Waals surface area (Å²) in [6.45, 7) is 0. The molecule has 0 saturated carbocycles. The highest BCUT2D eigenvalue weighted by Gasteiger charge is 2.24. The Morgan fingerprint density at radius 1 is 1.09 bits per heavy atom. The number of nitriles is 2. The first-order chi connectivity index (χ1) is 11.1. The van der Waals surface area contributed by atoms with Crippen LogP contribution in [-0.4, -0.2) is 34.4 Å². The molecule has 0 saturated heterocycles. The van der Waals surface area contributed by atoms with E-state index in [4.69, 9.17) is 29.5 Å². The number of anilines is 1. The Kier molecular flexibility index (Phi) is 6.26. The third-order valence-electron chi connectivity index (χ3n) is 2.84. The number of carbonyl (C=O) groups is 1. The molecule has 23 heavy (non-hydrogen) atoms. The van der Waals surface area contributed by atoms with Gasteiger partial charge in [0.25, 0.3) is 0 Å². The lowest BCUT2D eigenvalue weighted by Crippen LogP contribution is -2.09. The third-order valence-corrected chi connectivity index (χ3v) is 2.84. The number of esters is 1. The van der Waals surface area contributed by atoms with E-state index in [0.29, 0.717) is 0 Å². The van der Waals surface area contributed by atoms with Crippen LogP contribution >= 0.6 is 0 Å². The molecule has 0 radical (unpaired) electrons. The predicted octanol–water partition coefficient (Wildman–Crippen LogP) is 1.84. The standard InChI is InChI=1S/C15H15N3O5/c1-20-11-5-10(15(19)23-4)12(14(22-3)13(11)21-2)18-8-9(6-16)7-17/h5,8,18H,1-4H3. The number of rotatable bonds is 6. The van der Waals surface area contributed by atoms with Gasteiger partial charge in [0, 0.05) is 12.3 Å². The van der Waals surface area contributed by atoms with Gasteiger partial charge < -0.3 is 24.3 Å². The number of carbonyl (C=O) groups excluding carboxylic acids is 1. The molecule has 0 unspecified atom stereocenters. The Bertz CT molecular complexity index is 697. The van der Waals surface area contributed by atoms with Crippen molar-refractivity contribution in [1.29, 1.82) is 10.5 Å². The Morgan fingerprint density at radius 2 is 1.70 bits per heavy atom. The first-order valence-electron chi connectivity index (χ1n) is 6.26. The van der Waals surface area contributed by atoms with Crippen LogP contribution in [0, 0.1) is 22.7 Å². The van der Waals surface area contributed by atoms with Crippen LogP contribution in [0.2, 0.25) is 0 Å². The SMILES string of the molecule is COC(=O)c1cc(OC)c(OC)c(OC)c1NC=C(C#N)C#N. The molecule has 0 aliphatic carbocycles. The molecule has 0 aliphatic rings. The van der Waals surface area contributed by atoms with Crippen LogP contribution in [0.5, 0.6) is 17.2 Å². The zero-order chi connectivity index (χ0) is 17.4. The van der Waals surface area contributed by atoms with Crippen LogP contribution in [0.15, 0.2) is 17.8 Å². The van der Waals surface area contributed by atoms with Crippen molar-refractivity contribution in [1.82, 2.24) is 0 Å². The summed E-state index contributed by atoms with van der Waals surface area (Å²) in [5, 5.41) is 20.3. The normalized spacial score (nSPS) is 8.96. The monoisotopic (exact) mass is 317 g/mol. The van der Waals surface area contributed by atoms with E-state index in [1.165, 1.54) is 34.5 Å². The number of ether oxygens (including phenoxy) is 4. The summed E-state index contributed by atoms with van der Waals surface area (Å²) in [5.41, 5.74) is 0.0890. The van der Waals surface area contributed by atoms with Crippen molar-refractivity contribution >= 4 is 11.7 Å². The highest BCUT2D eigenvalue weighted by molar-refractivity contribution is 5.99. The first kappa shape index (κ1) is 17.7. The van der Waals surface area contributed by atoms with Gasteiger partial charge in [-0.3, -0.25) is 0 Å². The molecule has 0 heterocycles. The number of hydrogen-bond donors (Lipinski definition) is 1. The van der Waals surface area contributed by atoms with E-state index < -0.39 is 5.97 Å². The largest absolute Gasteiger partial charge is 0.493 e. The van der Waals surface area contributed by atoms with Crippen molar-refractivity contribution in [3.63, 3.8) is 0 Å². The maximum Gasteiger partial charge on any atom is 0.340 e. The summed E-state index contributed by atoms with van der Waals surface area (Å²) in [6, 6.07) is 4.80. The van der Waals surface area contributed by atoms with Crippen LogP contribution in [0.25, 0.3) is 0 Å². The molecular weight excluding hydrogens is 302 g/mol. The Balaban J connectivity index is 3.62. The van der Waals surface area contributed by atoms with Gasteiger partial charge >= 0.3 is 5.97 Å². The molecule has 0 atom stereocenters. The van der Waals surface area contributed by atoms with E-state index in [-0.39, 0.29) is 34.1 Å². The van der Waals surface area contributed by atoms with Crippen molar-refractivity contribution < 1.29 is 23.7 Å². The van der Waals surface area contributed by atoms with Crippen molar-refractivity contribution in [3.05, 3.63) is 23.4 Å². The Hall–Kier alpha value is -3.39. The van der Waals surface area contributed by atoms with Gasteiger partial charge in [0.15, 0.2) is 11.5 Å². The third kappa shape index (κ3) is 3.63. The van der Waals surface area contributed by atoms with Gasteiger partial charge in [0.1, 0.15) is 17.7 Å². The van der Waals surface area contributed by atoms with Gasteiger partial charge in [-0.15, -0.1) is 0 Å². The molecule has 1 aromatic rings. The lowest BCUT2D eigenvalue weighted by Gasteiger charge is -2.18. The fourth-order valence-electron chi connectivity index (χ4n) is 1.80. The Morgan fingerprint density at radius 3 is 2.13 bits per heavy atom. The topological polar surface area (TPSA) is 114 Å². The van der Waals surface area contributed by atoms with E-state index in [1.807, 2.05) is 0 Å². The van der Waals surface area contributed by atoms with Gasteiger partial charge in [-0.05, 0) is 0 Å². The number of nitrogens with one attached hydrogen (secondary N) is 1. The first-order valence-corrected chi connectivity index (χ1v) is 6.26. The molecule has 0 fully saturated rings. The molecule has 0 spiro atoms. The van der Waals surface area contributed by atoms with Crippen molar-refractivity contribution in [2.45, 2.75) is 0 Å².